The highest BCUT2D eigenvalue weighted by atomic mass is 16.2. The molecule has 0 aliphatic heterocycles. The summed E-state index contributed by atoms with van der Waals surface area (Å²) in [6, 6.07) is 11.9. The lowest BCUT2D eigenvalue weighted by Gasteiger charge is -2.23. The van der Waals surface area contributed by atoms with Gasteiger partial charge in [0.25, 0.3) is 0 Å². The van der Waals surface area contributed by atoms with Gasteiger partial charge in [-0.05, 0) is 37.5 Å². The summed E-state index contributed by atoms with van der Waals surface area (Å²) in [7, 11) is 0. The highest BCUT2D eigenvalue weighted by Gasteiger charge is 2.24. The largest absolute Gasteiger partial charge is 0.354 e. The van der Waals surface area contributed by atoms with Crippen LogP contribution in [0.3, 0.4) is 0 Å². The Hall–Kier alpha value is -2.89. The number of pyridine rings is 1. The van der Waals surface area contributed by atoms with Crippen molar-refractivity contribution in [3.63, 3.8) is 0 Å². The van der Waals surface area contributed by atoms with Crippen LogP contribution in [0, 0.1) is 12.8 Å². The second kappa shape index (κ2) is 7.39. The Morgan fingerprint density at radius 1 is 1.19 bits per heavy atom. The van der Waals surface area contributed by atoms with Crippen molar-refractivity contribution < 1.29 is 4.79 Å². The van der Waals surface area contributed by atoms with Crippen LogP contribution in [0.5, 0.6) is 0 Å². The Labute approximate surface area is 157 Å². The lowest BCUT2D eigenvalue weighted by atomic mass is 9.85. The van der Waals surface area contributed by atoms with Gasteiger partial charge in [0, 0.05) is 25.2 Å². The van der Waals surface area contributed by atoms with Crippen LogP contribution in [0.25, 0.3) is 11.2 Å². The topological polar surface area (TPSA) is 68.9 Å². The van der Waals surface area contributed by atoms with Crippen LogP contribution in [0.15, 0.2) is 47.4 Å². The zero-order chi connectivity index (χ0) is 18.8. The lowest BCUT2D eigenvalue weighted by Crippen LogP contribution is -2.37. The van der Waals surface area contributed by atoms with Crippen molar-refractivity contribution in [3.05, 3.63) is 64.2 Å². The summed E-state index contributed by atoms with van der Waals surface area (Å²) in [4.78, 5) is 29.4. The van der Waals surface area contributed by atoms with Crippen molar-refractivity contribution in [3.8, 4) is 0 Å². The Morgan fingerprint density at radius 3 is 2.67 bits per heavy atom. The molecule has 0 bridgehead atoms. The van der Waals surface area contributed by atoms with Crippen LogP contribution in [0.1, 0.15) is 30.4 Å². The van der Waals surface area contributed by atoms with E-state index in [1.165, 1.54) is 5.56 Å². The number of aryl methyl sites for hydroxylation is 1. The molecular weight excluding hydrogens is 340 g/mol. The number of fused-ring (bicyclic) bond motifs is 1. The number of carbonyl (C=O) groups is 1. The molecule has 4 rings (SSSR count). The molecule has 1 fully saturated rings. The van der Waals surface area contributed by atoms with Gasteiger partial charge in [-0.25, -0.2) is 9.78 Å². The molecule has 6 heteroatoms. The first kappa shape index (κ1) is 17.5. The minimum Gasteiger partial charge on any atom is -0.354 e. The van der Waals surface area contributed by atoms with Crippen molar-refractivity contribution in [2.75, 3.05) is 6.54 Å². The maximum atomic E-state index is 13.0. The van der Waals surface area contributed by atoms with Crippen molar-refractivity contribution in [1.82, 2.24) is 19.4 Å². The van der Waals surface area contributed by atoms with E-state index in [0.29, 0.717) is 25.3 Å². The van der Waals surface area contributed by atoms with Crippen LogP contribution in [0.2, 0.25) is 0 Å². The average molecular weight is 364 g/mol. The Balaban J connectivity index is 1.57. The Kier molecular flexibility index (Phi) is 4.79. The molecule has 0 spiro atoms. The van der Waals surface area contributed by atoms with Gasteiger partial charge in [0.1, 0.15) is 0 Å². The summed E-state index contributed by atoms with van der Waals surface area (Å²) in [5, 5.41) is 2.95. The van der Waals surface area contributed by atoms with E-state index >= 15 is 0 Å². The summed E-state index contributed by atoms with van der Waals surface area (Å²) < 4.78 is 3.41. The van der Waals surface area contributed by atoms with E-state index in [2.05, 4.69) is 10.3 Å². The Bertz CT molecular complexity index is 1010. The number of carbonyl (C=O) groups excluding carboxylic acids is 1. The molecule has 0 radical (unpaired) electrons. The molecule has 1 aliphatic rings. The molecule has 2 aromatic heterocycles. The first-order chi connectivity index (χ1) is 13.1. The maximum absolute atomic E-state index is 13.0. The van der Waals surface area contributed by atoms with Gasteiger partial charge in [0.2, 0.25) is 5.91 Å². The minimum atomic E-state index is -0.0952. The highest BCUT2D eigenvalue weighted by Crippen LogP contribution is 2.26. The van der Waals surface area contributed by atoms with Gasteiger partial charge in [0.15, 0.2) is 5.65 Å². The van der Waals surface area contributed by atoms with Gasteiger partial charge in [-0.3, -0.25) is 13.9 Å². The molecule has 3 aromatic rings. The fourth-order valence-electron chi connectivity index (χ4n) is 3.48. The van der Waals surface area contributed by atoms with Crippen molar-refractivity contribution in [2.45, 2.75) is 39.3 Å². The number of hydrogen-bond donors (Lipinski definition) is 1. The minimum absolute atomic E-state index is 0.0952. The van der Waals surface area contributed by atoms with E-state index in [9.17, 15) is 9.59 Å². The first-order valence-electron chi connectivity index (χ1n) is 9.51. The smallest absolute Gasteiger partial charge is 0.330 e. The SMILES string of the molecule is Cc1ccc(Cn2c(=O)n(CCNC(=O)C3CCC3)c3ncccc32)cc1. The number of hydrogen-bond acceptors (Lipinski definition) is 3. The zero-order valence-corrected chi connectivity index (χ0v) is 15.5. The fraction of sp³-hybridized carbons (Fsp3) is 0.381. The molecule has 2 heterocycles. The molecule has 1 amide bonds. The zero-order valence-electron chi connectivity index (χ0n) is 15.5. The number of nitrogens with zero attached hydrogens (tertiary/aromatic N) is 3. The predicted molar refractivity (Wildman–Crippen MR) is 105 cm³/mol. The van der Waals surface area contributed by atoms with E-state index in [4.69, 9.17) is 0 Å². The third-order valence-electron chi connectivity index (χ3n) is 5.35. The quantitative estimate of drug-likeness (QED) is 0.731. The van der Waals surface area contributed by atoms with Gasteiger partial charge in [-0.2, -0.15) is 0 Å². The molecular formula is C21H24N4O2. The van der Waals surface area contributed by atoms with E-state index in [0.717, 1.165) is 30.3 Å². The van der Waals surface area contributed by atoms with E-state index < -0.39 is 0 Å². The molecule has 0 atom stereocenters. The lowest BCUT2D eigenvalue weighted by molar-refractivity contribution is -0.127. The summed E-state index contributed by atoms with van der Waals surface area (Å²) >= 11 is 0. The second-order valence-electron chi connectivity index (χ2n) is 7.27. The van der Waals surface area contributed by atoms with Gasteiger partial charge < -0.3 is 5.32 Å². The van der Waals surface area contributed by atoms with Crippen LogP contribution < -0.4 is 11.0 Å². The van der Waals surface area contributed by atoms with Crippen molar-refractivity contribution in [1.29, 1.82) is 0 Å². The molecule has 1 N–H and O–H groups in total. The second-order valence-corrected chi connectivity index (χ2v) is 7.27. The van der Waals surface area contributed by atoms with Crippen LogP contribution in [0.4, 0.5) is 0 Å². The predicted octanol–water partition coefficient (Wildman–Crippen LogP) is 2.47. The van der Waals surface area contributed by atoms with E-state index in [-0.39, 0.29) is 17.5 Å². The molecule has 1 aliphatic carbocycles. The standard InChI is InChI=1S/C21H24N4O2/c1-15-7-9-16(10-8-15)14-25-18-6-3-11-22-19(18)24(21(25)27)13-12-23-20(26)17-4-2-5-17/h3,6-11,17H,2,4-5,12-14H2,1H3,(H,23,26). The molecule has 0 saturated heterocycles. The first-order valence-corrected chi connectivity index (χ1v) is 9.51. The summed E-state index contributed by atoms with van der Waals surface area (Å²) in [5.74, 6) is 0.258. The summed E-state index contributed by atoms with van der Waals surface area (Å²) in [5.41, 5.74) is 3.64. The summed E-state index contributed by atoms with van der Waals surface area (Å²) in [6.45, 7) is 3.41. The van der Waals surface area contributed by atoms with Crippen LogP contribution in [-0.4, -0.2) is 26.6 Å². The molecule has 1 aromatic carbocycles. The van der Waals surface area contributed by atoms with E-state index in [1.54, 1.807) is 15.3 Å². The van der Waals surface area contributed by atoms with Gasteiger partial charge in [-0.15, -0.1) is 0 Å². The fourth-order valence-corrected chi connectivity index (χ4v) is 3.48. The molecule has 0 unspecified atom stereocenters. The monoisotopic (exact) mass is 364 g/mol. The van der Waals surface area contributed by atoms with Crippen molar-refractivity contribution >= 4 is 17.1 Å². The Morgan fingerprint density at radius 2 is 1.96 bits per heavy atom. The number of aromatic nitrogens is 3. The van der Waals surface area contributed by atoms with Gasteiger partial charge in [0.05, 0.1) is 12.1 Å². The molecule has 27 heavy (non-hydrogen) atoms. The number of rotatable bonds is 6. The number of nitrogens with one attached hydrogen (secondary N) is 1. The number of imidazole rings is 1. The third-order valence-corrected chi connectivity index (χ3v) is 5.35. The van der Waals surface area contributed by atoms with Gasteiger partial charge >= 0.3 is 5.69 Å². The molecule has 140 valence electrons. The van der Waals surface area contributed by atoms with Crippen LogP contribution >= 0.6 is 0 Å². The number of amides is 1. The normalized spacial score (nSPS) is 14.3. The van der Waals surface area contributed by atoms with Crippen molar-refractivity contribution in [2.24, 2.45) is 5.92 Å². The highest BCUT2D eigenvalue weighted by molar-refractivity contribution is 5.79. The maximum Gasteiger partial charge on any atom is 0.330 e. The summed E-state index contributed by atoms with van der Waals surface area (Å²) in [6.07, 6.45) is 4.78. The van der Waals surface area contributed by atoms with Crippen LogP contribution in [-0.2, 0) is 17.9 Å². The van der Waals surface area contributed by atoms with Gasteiger partial charge in [-0.1, -0.05) is 36.2 Å². The van der Waals surface area contributed by atoms with E-state index in [1.807, 2.05) is 43.3 Å². The molecule has 1 saturated carbocycles. The number of benzene rings is 1. The molecule has 6 nitrogen and oxygen atoms in total. The third kappa shape index (κ3) is 3.52. The average Bonchev–Trinajstić information content (AvgIpc) is 2.88.